The van der Waals surface area contributed by atoms with Crippen molar-refractivity contribution in [2.75, 3.05) is 0 Å². The topological polar surface area (TPSA) is 56.7 Å². The zero-order chi connectivity index (χ0) is 37.0. The summed E-state index contributed by atoms with van der Waals surface area (Å²) in [4.78, 5) is 15.3. The zero-order valence-electron chi connectivity index (χ0n) is 30.4. The van der Waals surface area contributed by atoms with Crippen LogP contribution in [0.5, 0.6) is 0 Å². The molecule has 7 aromatic carbocycles. The molecule has 0 N–H and O–H groups in total. The first-order chi connectivity index (χ1) is 27.8. The van der Waals surface area contributed by atoms with Crippen molar-refractivity contribution in [2.24, 2.45) is 0 Å². The Morgan fingerprint density at radius 3 is 1.68 bits per heavy atom. The van der Waals surface area contributed by atoms with Gasteiger partial charge in [0.05, 0.1) is 16.6 Å². The highest BCUT2D eigenvalue weighted by atomic mass is 16.3. The summed E-state index contributed by atoms with van der Waals surface area (Å²) in [5, 5.41) is 3.28. The third-order valence-corrected chi connectivity index (χ3v) is 10.9. The third-order valence-electron chi connectivity index (χ3n) is 10.9. The Bertz CT molecular complexity index is 3050. The summed E-state index contributed by atoms with van der Waals surface area (Å²) in [6, 6.07) is 59.1. The van der Waals surface area contributed by atoms with Gasteiger partial charge in [0.2, 0.25) is 0 Å². The van der Waals surface area contributed by atoms with Crippen molar-refractivity contribution >= 4 is 38.9 Å². The van der Waals surface area contributed by atoms with E-state index in [-0.39, 0.29) is 0 Å². The fourth-order valence-corrected chi connectivity index (χ4v) is 8.42. The molecule has 5 nitrogen and oxygen atoms in total. The minimum Gasteiger partial charge on any atom is -0.456 e. The number of furan rings is 1. The number of fused-ring (bicyclic) bond motifs is 6. The van der Waals surface area contributed by atoms with Crippen molar-refractivity contribution in [3.05, 3.63) is 187 Å². The molecule has 0 atom stereocenters. The fourth-order valence-electron chi connectivity index (χ4n) is 8.42. The molecule has 10 aromatic rings. The molecule has 0 radical (unpaired) electrons. The summed E-state index contributed by atoms with van der Waals surface area (Å²) in [7, 11) is 0. The lowest BCUT2D eigenvalue weighted by atomic mass is 9.91. The number of allylic oxidation sites excluding steroid dienone is 1. The second-order valence-corrected chi connectivity index (χ2v) is 14.3. The Morgan fingerprint density at radius 2 is 1.02 bits per heavy atom. The molecule has 0 unspecified atom stereocenters. The largest absolute Gasteiger partial charge is 0.456 e. The average molecular weight is 719 g/mol. The predicted octanol–water partition coefficient (Wildman–Crippen LogP) is 13.0. The van der Waals surface area contributed by atoms with Gasteiger partial charge in [0.1, 0.15) is 11.2 Å². The summed E-state index contributed by atoms with van der Waals surface area (Å²) in [5.74, 6) is 1.84. The Hall–Kier alpha value is -7.37. The van der Waals surface area contributed by atoms with Gasteiger partial charge in [-0.15, -0.1) is 0 Å². The summed E-state index contributed by atoms with van der Waals surface area (Å²) in [5.41, 5.74) is 13.9. The quantitative estimate of drug-likeness (QED) is 0.172. The molecule has 1 aliphatic carbocycles. The van der Waals surface area contributed by atoms with Gasteiger partial charge >= 0.3 is 0 Å². The van der Waals surface area contributed by atoms with Crippen LogP contribution in [0.3, 0.4) is 0 Å². The Kier molecular flexibility index (Phi) is 7.56. The van der Waals surface area contributed by atoms with E-state index in [1.165, 1.54) is 44.4 Å². The molecular weight excluding hydrogens is 685 g/mol. The van der Waals surface area contributed by atoms with Crippen molar-refractivity contribution in [1.82, 2.24) is 19.5 Å². The van der Waals surface area contributed by atoms with E-state index in [9.17, 15) is 0 Å². The first-order valence-electron chi connectivity index (χ1n) is 19.1. The number of rotatable bonds is 6. The van der Waals surface area contributed by atoms with Crippen LogP contribution < -0.4 is 0 Å². The highest BCUT2D eigenvalue weighted by Crippen LogP contribution is 2.45. The molecule has 3 aromatic heterocycles. The maximum absolute atomic E-state index is 6.72. The number of nitrogens with zero attached hydrogens (tertiary/aromatic N) is 4. The molecule has 0 aliphatic heterocycles. The summed E-state index contributed by atoms with van der Waals surface area (Å²) in [6.07, 6.45) is 6.57. The van der Waals surface area contributed by atoms with Gasteiger partial charge in [0.15, 0.2) is 17.5 Å². The molecule has 0 amide bonds. The Morgan fingerprint density at radius 1 is 0.446 bits per heavy atom. The van der Waals surface area contributed by atoms with Crippen molar-refractivity contribution in [3.8, 4) is 62.1 Å². The van der Waals surface area contributed by atoms with Gasteiger partial charge in [-0.3, -0.25) is 0 Å². The SMILES string of the molecule is C1=Cc2c(c3c(-c4ccccc4)cc(-c4ccccc4)cc3n2-c2cccc3oc4cccc(-c5nc(-c6ccccc6)nc(-c6ccccc6)n5)c4c23)CC1. The minimum absolute atomic E-state index is 0.595. The van der Waals surface area contributed by atoms with Crippen molar-refractivity contribution in [3.63, 3.8) is 0 Å². The molecule has 0 bridgehead atoms. The fraction of sp³-hybridized carbons (Fsp3) is 0.0392. The van der Waals surface area contributed by atoms with Crippen LogP contribution in [-0.2, 0) is 6.42 Å². The van der Waals surface area contributed by atoms with E-state index in [1.807, 2.05) is 72.8 Å². The van der Waals surface area contributed by atoms with E-state index in [1.54, 1.807) is 0 Å². The molecule has 3 heterocycles. The van der Waals surface area contributed by atoms with Crippen LogP contribution in [0.25, 0.3) is 101 Å². The zero-order valence-corrected chi connectivity index (χ0v) is 30.4. The smallest absolute Gasteiger partial charge is 0.164 e. The second-order valence-electron chi connectivity index (χ2n) is 14.3. The number of aryl methyl sites for hydroxylation is 1. The van der Waals surface area contributed by atoms with Gasteiger partial charge in [0.25, 0.3) is 0 Å². The molecule has 5 heteroatoms. The van der Waals surface area contributed by atoms with Crippen molar-refractivity contribution < 1.29 is 4.42 Å². The molecule has 264 valence electrons. The Balaban J connectivity index is 1.23. The van der Waals surface area contributed by atoms with E-state index < -0.39 is 0 Å². The summed E-state index contributed by atoms with van der Waals surface area (Å²) in [6.45, 7) is 0. The lowest BCUT2D eigenvalue weighted by molar-refractivity contribution is 0.669. The highest BCUT2D eigenvalue weighted by molar-refractivity contribution is 6.16. The lowest BCUT2D eigenvalue weighted by Crippen LogP contribution is -2.02. The molecule has 0 spiro atoms. The summed E-state index contributed by atoms with van der Waals surface area (Å²) < 4.78 is 9.19. The van der Waals surface area contributed by atoms with Gasteiger partial charge in [-0.2, -0.15) is 0 Å². The summed E-state index contributed by atoms with van der Waals surface area (Å²) >= 11 is 0. The number of aromatic nitrogens is 4. The van der Waals surface area contributed by atoms with Crippen LogP contribution >= 0.6 is 0 Å². The molecule has 56 heavy (non-hydrogen) atoms. The van der Waals surface area contributed by atoms with E-state index in [0.29, 0.717) is 17.5 Å². The van der Waals surface area contributed by atoms with E-state index >= 15 is 0 Å². The van der Waals surface area contributed by atoms with Crippen LogP contribution in [0.1, 0.15) is 17.7 Å². The first-order valence-corrected chi connectivity index (χ1v) is 19.1. The van der Waals surface area contributed by atoms with Gasteiger partial charge < -0.3 is 8.98 Å². The first kappa shape index (κ1) is 32.1. The molecule has 0 saturated heterocycles. The molecule has 0 fully saturated rings. The van der Waals surface area contributed by atoms with Crippen molar-refractivity contribution in [2.45, 2.75) is 12.8 Å². The molecule has 11 rings (SSSR count). The average Bonchev–Trinajstić information content (AvgIpc) is 3.83. The normalized spacial score (nSPS) is 12.4. The Labute approximate surface area is 323 Å². The monoisotopic (exact) mass is 718 g/mol. The third kappa shape index (κ3) is 5.28. The van der Waals surface area contributed by atoms with Gasteiger partial charge in [-0.05, 0) is 77.1 Å². The van der Waals surface area contributed by atoms with E-state index in [2.05, 4.69) is 114 Å². The van der Waals surface area contributed by atoms with Crippen LogP contribution in [0.2, 0.25) is 0 Å². The maximum Gasteiger partial charge on any atom is 0.164 e. The van der Waals surface area contributed by atoms with E-state index in [4.69, 9.17) is 19.4 Å². The second kappa shape index (κ2) is 13.2. The van der Waals surface area contributed by atoms with Crippen molar-refractivity contribution in [1.29, 1.82) is 0 Å². The molecule has 0 saturated carbocycles. The van der Waals surface area contributed by atoms with Gasteiger partial charge in [-0.1, -0.05) is 146 Å². The van der Waals surface area contributed by atoms with Crippen LogP contribution in [0, 0.1) is 0 Å². The van der Waals surface area contributed by atoms with Crippen LogP contribution in [-0.4, -0.2) is 19.5 Å². The van der Waals surface area contributed by atoms with E-state index in [0.717, 1.165) is 57.2 Å². The number of benzene rings is 7. The lowest BCUT2D eigenvalue weighted by Gasteiger charge is -2.14. The predicted molar refractivity (Wildman–Crippen MR) is 228 cm³/mol. The van der Waals surface area contributed by atoms with Crippen LogP contribution in [0.15, 0.2) is 180 Å². The van der Waals surface area contributed by atoms with Gasteiger partial charge in [-0.25, -0.2) is 15.0 Å². The van der Waals surface area contributed by atoms with Crippen LogP contribution in [0.4, 0.5) is 0 Å². The highest BCUT2D eigenvalue weighted by Gasteiger charge is 2.26. The van der Waals surface area contributed by atoms with Gasteiger partial charge in [0, 0.05) is 33.2 Å². The number of hydrogen-bond donors (Lipinski definition) is 0. The molecule has 1 aliphatic rings. The number of hydrogen-bond acceptors (Lipinski definition) is 4. The molecular formula is C51H34N4O. The standard InChI is InChI=1S/C51H34N4O/c1-5-17-33(18-6-1)37-31-40(34-19-7-2-8-20-34)46-38-25-13-14-27-41(38)55(43(46)32-37)42-28-16-30-45-48(42)47-39(26-15-29-44(47)56-45)51-53-49(35-21-9-3-10-22-35)52-50(54-51)36-23-11-4-12-24-36/h1-12,14-24,26-32H,13,25H2. The maximum atomic E-state index is 6.72. The minimum atomic E-state index is 0.595.